The molecule has 0 spiro atoms. The molecular weight excluding hydrogens is 240 g/mol. The fraction of sp³-hybridized carbons (Fsp3) is 0.364. The molecule has 0 aromatic heterocycles. The number of halogens is 4. The van der Waals surface area contributed by atoms with Crippen LogP contribution in [-0.4, -0.2) is 24.9 Å². The Hall–Kier alpha value is -1.43. The van der Waals surface area contributed by atoms with E-state index >= 15 is 0 Å². The number of carbonyl (C=O) groups is 1. The van der Waals surface area contributed by atoms with Gasteiger partial charge in [-0.1, -0.05) is 0 Å². The molecule has 0 heterocycles. The molecule has 0 saturated heterocycles. The Labute approximate surface area is 95.2 Å². The third-order valence-electron chi connectivity index (χ3n) is 2.04. The minimum Gasteiger partial charge on any atom is -0.364 e. The van der Waals surface area contributed by atoms with Gasteiger partial charge in [-0.05, 0) is 19.1 Å². The summed E-state index contributed by atoms with van der Waals surface area (Å²) in [5.74, 6) is -2.66. The normalized spacial score (nSPS) is 12.8. The first-order chi connectivity index (χ1) is 7.91. The number of ketones is 1. The molecule has 0 aliphatic carbocycles. The van der Waals surface area contributed by atoms with Gasteiger partial charge in [-0.15, -0.1) is 0 Å². The summed E-state index contributed by atoms with van der Waals surface area (Å²) >= 11 is 0. The number of hydrogen-bond donors (Lipinski definition) is 0. The molecule has 2 nitrogen and oxygen atoms in total. The summed E-state index contributed by atoms with van der Waals surface area (Å²) in [6.07, 6.45) is -3.91. The summed E-state index contributed by atoms with van der Waals surface area (Å²) in [5, 5.41) is 0. The Morgan fingerprint density at radius 2 is 2.00 bits per heavy atom. The molecule has 0 aliphatic rings. The zero-order valence-corrected chi connectivity index (χ0v) is 8.92. The summed E-state index contributed by atoms with van der Waals surface area (Å²) in [5.41, 5.74) is -0.381. The third kappa shape index (κ3) is 3.81. The Balaban J connectivity index is 2.75. The van der Waals surface area contributed by atoms with Crippen LogP contribution in [0.15, 0.2) is 18.2 Å². The van der Waals surface area contributed by atoms with Crippen molar-refractivity contribution in [3.8, 4) is 0 Å². The van der Waals surface area contributed by atoms with Gasteiger partial charge >= 0.3 is 0 Å². The van der Waals surface area contributed by atoms with Gasteiger partial charge in [0.1, 0.15) is 24.3 Å². The van der Waals surface area contributed by atoms with Crippen LogP contribution in [0.3, 0.4) is 0 Å². The molecule has 1 aromatic carbocycles. The van der Waals surface area contributed by atoms with Crippen LogP contribution in [0, 0.1) is 11.6 Å². The zero-order chi connectivity index (χ0) is 13.0. The van der Waals surface area contributed by atoms with Crippen molar-refractivity contribution in [3.05, 3.63) is 35.4 Å². The van der Waals surface area contributed by atoms with Gasteiger partial charge < -0.3 is 4.74 Å². The van der Waals surface area contributed by atoms with Crippen molar-refractivity contribution in [2.45, 2.75) is 19.5 Å². The van der Waals surface area contributed by atoms with Crippen LogP contribution in [0.5, 0.6) is 0 Å². The second-order valence-corrected chi connectivity index (χ2v) is 3.36. The van der Waals surface area contributed by atoms with Crippen LogP contribution in [-0.2, 0) is 4.74 Å². The molecule has 0 aliphatic heterocycles. The highest BCUT2D eigenvalue weighted by Crippen LogP contribution is 2.13. The van der Waals surface area contributed by atoms with Gasteiger partial charge in [0.25, 0.3) is 6.43 Å². The van der Waals surface area contributed by atoms with Crippen LogP contribution < -0.4 is 0 Å². The monoisotopic (exact) mass is 250 g/mol. The van der Waals surface area contributed by atoms with Crippen molar-refractivity contribution in [1.29, 1.82) is 0 Å². The highest BCUT2D eigenvalue weighted by Gasteiger charge is 2.20. The molecule has 1 atom stereocenters. The maximum Gasteiger partial charge on any atom is 0.261 e. The van der Waals surface area contributed by atoms with E-state index in [9.17, 15) is 22.4 Å². The fourth-order valence-electron chi connectivity index (χ4n) is 1.20. The Morgan fingerprint density at radius 1 is 1.35 bits per heavy atom. The molecule has 1 aromatic rings. The van der Waals surface area contributed by atoms with Crippen molar-refractivity contribution in [2.75, 3.05) is 6.61 Å². The summed E-state index contributed by atoms with van der Waals surface area (Å²) in [6.45, 7) is 0.323. The first-order valence-corrected chi connectivity index (χ1v) is 4.81. The molecule has 17 heavy (non-hydrogen) atoms. The zero-order valence-electron chi connectivity index (χ0n) is 8.92. The average molecular weight is 250 g/mol. The lowest BCUT2D eigenvalue weighted by atomic mass is 10.1. The lowest BCUT2D eigenvalue weighted by Crippen LogP contribution is -2.24. The maximum atomic E-state index is 13.2. The summed E-state index contributed by atoms with van der Waals surface area (Å²) in [7, 11) is 0. The van der Waals surface area contributed by atoms with E-state index in [1.54, 1.807) is 0 Å². The molecule has 0 N–H and O–H groups in total. The molecule has 0 saturated carbocycles. The van der Waals surface area contributed by atoms with E-state index in [-0.39, 0.29) is 5.56 Å². The molecule has 0 radical (unpaired) electrons. The molecule has 0 amide bonds. The Bertz CT molecular complexity index is 406. The SMILES string of the molecule is CC(OCC(F)F)C(=O)c1ccc(F)cc1F. The van der Waals surface area contributed by atoms with Crippen molar-refractivity contribution < 1.29 is 27.1 Å². The number of alkyl halides is 2. The number of hydrogen-bond acceptors (Lipinski definition) is 2. The van der Waals surface area contributed by atoms with Crippen LogP contribution in [0.25, 0.3) is 0 Å². The van der Waals surface area contributed by atoms with Crippen LogP contribution in [0.1, 0.15) is 17.3 Å². The lowest BCUT2D eigenvalue weighted by molar-refractivity contribution is -0.00998. The van der Waals surface area contributed by atoms with Crippen molar-refractivity contribution in [1.82, 2.24) is 0 Å². The van der Waals surface area contributed by atoms with E-state index in [2.05, 4.69) is 4.74 Å². The summed E-state index contributed by atoms with van der Waals surface area (Å²) in [6, 6.07) is 2.42. The van der Waals surface area contributed by atoms with Gasteiger partial charge in [0.15, 0.2) is 5.78 Å². The van der Waals surface area contributed by atoms with Gasteiger partial charge in [0, 0.05) is 6.07 Å². The minimum atomic E-state index is -2.71. The number of carbonyl (C=O) groups excluding carboxylic acids is 1. The second kappa shape index (κ2) is 5.77. The van der Waals surface area contributed by atoms with Crippen LogP contribution in [0.2, 0.25) is 0 Å². The third-order valence-corrected chi connectivity index (χ3v) is 2.04. The Morgan fingerprint density at radius 3 is 2.53 bits per heavy atom. The van der Waals surface area contributed by atoms with Crippen molar-refractivity contribution in [3.63, 3.8) is 0 Å². The quantitative estimate of drug-likeness (QED) is 0.593. The number of ether oxygens (including phenoxy) is 1. The number of Topliss-reactive ketones (excluding diaryl/α,β-unsaturated/α-hetero) is 1. The topological polar surface area (TPSA) is 26.3 Å². The van der Waals surface area contributed by atoms with Crippen molar-refractivity contribution in [2.24, 2.45) is 0 Å². The average Bonchev–Trinajstić information content (AvgIpc) is 2.25. The largest absolute Gasteiger partial charge is 0.364 e. The first kappa shape index (κ1) is 13.6. The van der Waals surface area contributed by atoms with Crippen LogP contribution in [0.4, 0.5) is 17.6 Å². The molecular formula is C11H10F4O2. The smallest absolute Gasteiger partial charge is 0.261 e. The summed E-state index contributed by atoms with van der Waals surface area (Å²) < 4.78 is 54.0. The standard InChI is InChI=1S/C11H10F4O2/c1-6(17-5-10(14)15)11(16)8-3-2-7(12)4-9(8)13/h2-4,6,10H,5H2,1H3. The first-order valence-electron chi connectivity index (χ1n) is 4.81. The van der Waals surface area contributed by atoms with Gasteiger partial charge in [-0.2, -0.15) is 0 Å². The van der Waals surface area contributed by atoms with E-state index in [1.807, 2.05) is 0 Å². The van der Waals surface area contributed by atoms with Crippen molar-refractivity contribution >= 4 is 5.78 Å². The minimum absolute atomic E-state index is 0.381. The van der Waals surface area contributed by atoms with E-state index in [1.165, 1.54) is 6.92 Å². The Kier molecular flexibility index (Phi) is 4.62. The molecule has 1 unspecified atom stereocenters. The summed E-state index contributed by atoms with van der Waals surface area (Å²) in [4.78, 5) is 11.6. The number of benzene rings is 1. The molecule has 1 rings (SSSR count). The van der Waals surface area contributed by atoms with Gasteiger partial charge in [0.05, 0.1) is 5.56 Å². The molecule has 0 fully saturated rings. The van der Waals surface area contributed by atoms with E-state index < -0.39 is 36.6 Å². The molecule has 6 heteroatoms. The second-order valence-electron chi connectivity index (χ2n) is 3.36. The van der Waals surface area contributed by atoms with E-state index in [0.717, 1.165) is 12.1 Å². The maximum absolute atomic E-state index is 13.2. The molecule has 94 valence electrons. The highest BCUT2D eigenvalue weighted by atomic mass is 19.3. The molecule has 0 bridgehead atoms. The van der Waals surface area contributed by atoms with Gasteiger partial charge in [-0.25, -0.2) is 17.6 Å². The predicted octanol–water partition coefficient (Wildman–Crippen LogP) is 2.82. The van der Waals surface area contributed by atoms with Gasteiger partial charge in [-0.3, -0.25) is 4.79 Å². The highest BCUT2D eigenvalue weighted by molar-refractivity contribution is 5.99. The fourth-order valence-corrected chi connectivity index (χ4v) is 1.20. The van der Waals surface area contributed by atoms with E-state index in [4.69, 9.17) is 0 Å². The van der Waals surface area contributed by atoms with E-state index in [0.29, 0.717) is 6.07 Å². The van der Waals surface area contributed by atoms with Gasteiger partial charge in [0.2, 0.25) is 0 Å². The number of rotatable bonds is 5. The lowest BCUT2D eigenvalue weighted by Gasteiger charge is -2.12. The van der Waals surface area contributed by atoms with Crippen LogP contribution >= 0.6 is 0 Å². The predicted molar refractivity (Wildman–Crippen MR) is 52.1 cm³/mol.